The van der Waals surface area contributed by atoms with E-state index in [1.807, 2.05) is 19.1 Å². The minimum atomic E-state index is -5.46. The van der Waals surface area contributed by atoms with Gasteiger partial charge < -0.3 is 4.74 Å². The van der Waals surface area contributed by atoms with Crippen LogP contribution in [0.5, 0.6) is 5.75 Å². The lowest BCUT2D eigenvalue weighted by molar-refractivity contribution is 0.312. The van der Waals surface area contributed by atoms with Crippen molar-refractivity contribution < 1.29 is 35.3 Å². The topological polar surface area (TPSA) is 63.6 Å². The SMILES string of the molecule is CCC(C)c1ccc(OCCc2c(F)c(F)c(S(=O)(=O)O)c(F)c2F)cc1. The molecule has 2 aromatic rings. The van der Waals surface area contributed by atoms with Crippen molar-refractivity contribution in [2.45, 2.75) is 37.5 Å². The predicted molar refractivity (Wildman–Crippen MR) is 90.4 cm³/mol. The van der Waals surface area contributed by atoms with Crippen LogP contribution in [0.3, 0.4) is 0 Å². The van der Waals surface area contributed by atoms with Crippen LogP contribution in [-0.4, -0.2) is 19.6 Å². The zero-order valence-corrected chi connectivity index (χ0v) is 15.4. The van der Waals surface area contributed by atoms with Crippen LogP contribution in [0.15, 0.2) is 29.2 Å². The molecule has 4 nitrogen and oxygen atoms in total. The van der Waals surface area contributed by atoms with Crippen LogP contribution in [0.25, 0.3) is 0 Å². The van der Waals surface area contributed by atoms with Crippen LogP contribution < -0.4 is 4.74 Å². The fourth-order valence-electron chi connectivity index (χ4n) is 2.50. The molecule has 2 aromatic carbocycles. The molecule has 0 radical (unpaired) electrons. The molecule has 0 saturated carbocycles. The first-order valence-corrected chi connectivity index (χ1v) is 9.57. The lowest BCUT2D eigenvalue weighted by atomic mass is 9.99. The minimum Gasteiger partial charge on any atom is -0.493 e. The third-order valence-corrected chi connectivity index (χ3v) is 5.13. The fraction of sp³-hybridized carbons (Fsp3) is 0.333. The maximum Gasteiger partial charge on any atom is 0.300 e. The summed E-state index contributed by atoms with van der Waals surface area (Å²) in [7, 11) is -5.46. The van der Waals surface area contributed by atoms with Gasteiger partial charge in [-0.2, -0.15) is 8.42 Å². The van der Waals surface area contributed by atoms with Gasteiger partial charge in [-0.15, -0.1) is 0 Å². The zero-order chi connectivity index (χ0) is 20.4. The third-order valence-electron chi connectivity index (χ3n) is 4.25. The molecule has 0 bridgehead atoms. The summed E-state index contributed by atoms with van der Waals surface area (Å²) in [5.74, 6) is -7.38. The van der Waals surface area contributed by atoms with Crippen LogP contribution >= 0.6 is 0 Å². The summed E-state index contributed by atoms with van der Waals surface area (Å²) < 4.78 is 91.2. The highest BCUT2D eigenvalue weighted by molar-refractivity contribution is 7.85. The molecule has 0 aliphatic heterocycles. The van der Waals surface area contributed by atoms with Gasteiger partial charge in [0.1, 0.15) is 5.75 Å². The Morgan fingerprint density at radius 1 is 1.00 bits per heavy atom. The van der Waals surface area contributed by atoms with Crippen molar-refractivity contribution in [3.63, 3.8) is 0 Å². The summed E-state index contributed by atoms with van der Waals surface area (Å²) >= 11 is 0. The van der Waals surface area contributed by atoms with Gasteiger partial charge in [0.25, 0.3) is 0 Å². The van der Waals surface area contributed by atoms with Gasteiger partial charge in [0.15, 0.2) is 28.2 Å². The maximum absolute atomic E-state index is 13.9. The lowest BCUT2D eigenvalue weighted by Gasteiger charge is -2.12. The largest absolute Gasteiger partial charge is 0.493 e. The number of benzene rings is 2. The summed E-state index contributed by atoms with van der Waals surface area (Å²) in [5.41, 5.74) is 0.0838. The van der Waals surface area contributed by atoms with Crippen LogP contribution in [-0.2, 0) is 16.5 Å². The number of hydrogen-bond acceptors (Lipinski definition) is 3. The van der Waals surface area contributed by atoms with Gasteiger partial charge in [0.05, 0.1) is 6.61 Å². The highest BCUT2D eigenvalue weighted by Gasteiger charge is 2.31. The van der Waals surface area contributed by atoms with Crippen LogP contribution in [0.4, 0.5) is 17.6 Å². The van der Waals surface area contributed by atoms with E-state index >= 15 is 0 Å². The van der Waals surface area contributed by atoms with E-state index in [-0.39, 0.29) is 6.61 Å². The first-order valence-electron chi connectivity index (χ1n) is 8.13. The molecule has 0 aromatic heterocycles. The summed E-state index contributed by atoms with van der Waals surface area (Å²) in [5, 5.41) is 0. The number of hydrogen-bond donors (Lipinski definition) is 1. The van der Waals surface area contributed by atoms with Crippen LogP contribution in [0.1, 0.15) is 37.3 Å². The molecular weight excluding hydrogens is 388 g/mol. The first kappa shape index (κ1) is 21.2. The number of halogens is 4. The van der Waals surface area contributed by atoms with Crippen molar-refractivity contribution >= 4 is 10.1 Å². The molecule has 27 heavy (non-hydrogen) atoms. The Labute approximate surface area is 154 Å². The molecule has 148 valence electrons. The van der Waals surface area contributed by atoms with Crippen molar-refractivity contribution in [1.82, 2.24) is 0 Å². The van der Waals surface area contributed by atoms with Gasteiger partial charge >= 0.3 is 10.1 Å². The summed E-state index contributed by atoms with van der Waals surface area (Å²) in [4.78, 5) is -2.05. The Bertz CT molecular complexity index is 898. The second kappa shape index (κ2) is 8.26. The van der Waals surface area contributed by atoms with Crippen molar-refractivity contribution in [3.8, 4) is 5.75 Å². The minimum absolute atomic E-state index is 0.305. The van der Waals surface area contributed by atoms with Gasteiger partial charge in [0.2, 0.25) is 0 Å². The summed E-state index contributed by atoms with van der Waals surface area (Å²) in [6.45, 7) is 3.80. The molecule has 0 saturated heterocycles. The number of rotatable bonds is 7. The van der Waals surface area contributed by atoms with Crippen molar-refractivity contribution in [2.75, 3.05) is 6.61 Å². The Hall–Kier alpha value is -2.13. The smallest absolute Gasteiger partial charge is 0.300 e. The predicted octanol–water partition coefficient (Wildman–Crippen LogP) is 4.62. The highest BCUT2D eigenvalue weighted by Crippen LogP contribution is 2.28. The van der Waals surface area contributed by atoms with E-state index < -0.39 is 50.3 Å². The van der Waals surface area contributed by atoms with E-state index in [1.165, 1.54) is 0 Å². The monoisotopic (exact) mass is 406 g/mol. The molecule has 0 aliphatic carbocycles. The average molecular weight is 406 g/mol. The van der Waals surface area contributed by atoms with E-state index in [0.717, 1.165) is 12.0 Å². The van der Waals surface area contributed by atoms with Gasteiger partial charge in [-0.25, -0.2) is 17.6 Å². The van der Waals surface area contributed by atoms with E-state index in [1.54, 1.807) is 12.1 Å². The lowest BCUT2D eigenvalue weighted by Crippen LogP contribution is -2.14. The quantitative estimate of drug-likeness (QED) is 0.414. The molecule has 9 heteroatoms. The first-order chi connectivity index (χ1) is 12.6. The second-order valence-electron chi connectivity index (χ2n) is 6.02. The van der Waals surface area contributed by atoms with Gasteiger partial charge in [-0.1, -0.05) is 26.0 Å². The molecule has 0 aliphatic rings. The normalized spacial score (nSPS) is 12.9. The third kappa shape index (κ3) is 4.59. The van der Waals surface area contributed by atoms with Gasteiger partial charge in [0, 0.05) is 12.0 Å². The summed E-state index contributed by atoms with van der Waals surface area (Å²) in [6, 6.07) is 7.00. The van der Waals surface area contributed by atoms with Gasteiger partial charge in [-0.3, -0.25) is 4.55 Å². The Kier molecular flexibility index (Phi) is 6.48. The molecule has 1 N–H and O–H groups in total. The fourth-order valence-corrected chi connectivity index (χ4v) is 3.13. The van der Waals surface area contributed by atoms with Crippen LogP contribution in [0.2, 0.25) is 0 Å². The highest BCUT2D eigenvalue weighted by atomic mass is 32.2. The van der Waals surface area contributed by atoms with E-state index in [0.29, 0.717) is 11.7 Å². The molecule has 0 amide bonds. The summed E-state index contributed by atoms with van der Waals surface area (Å²) in [6.07, 6.45) is 0.403. The van der Waals surface area contributed by atoms with E-state index in [4.69, 9.17) is 9.29 Å². The van der Waals surface area contributed by atoms with E-state index in [9.17, 15) is 26.0 Å². The average Bonchev–Trinajstić information content (AvgIpc) is 2.61. The maximum atomic E-state index is 13.9. The molecule has 0 fully saturated rings. The molecule has 0 heterocycles. The zero-order valence-electron chi connectivity index (χ0n) is 14.6. The van der Waals surface area contributed by atoms with Gasteiger partial charge in [-0.05, 0) is 30.0 Å². The Balaban J connectivity index is 2.17. The standard InChI is InChI=1S/C18H18F4O4S/c1-3-10(2)11-4-6-12(7-5-11)26-9-8-13-14(19)16(21)18(27(23,24)25)17(22)15(13)20/h4-7,10H,3,8-9H2,1-2H3,(H,23,24,25). The Morgan fingerprint density at radius 3 is 1.96 bits per heavy atom. The van der Waals surface area contributed by atoms with Crippen molar-refractivity contribution in [2.24, 2.45) is 0 Å². The second-order valence-corrected chi connectivity index (χ2v) is 7.37. The van der Waals surface area contributed by atoms with Crippen molar-refractivity contribution in [1.29, 1.82) is 0 Å². The van der Waals surface area contributed by atoms with E-state index in [2.05, 4.69) is 6.92 Å². The molecule has 2 rings (SSSR count). The molecule has 0 spiro atoms. The Morgan fingerprint density at radius 2 is 1.52 bits per heavy atom. The van der Waals surface area contributed by atoms with Crippen LogP contribution in [0, 0.1) is 23.3 Å². The number of ether oxygens (including phenoxy) is 1. The van der Waals surface area contributed by atoms with Crippen molar-refractivity contribution in [3.05, 3.63) is 58.7 Å². The molecular formula is C18H18F4O4S. The molecule has 1 unspecified atom stereocenters. The molecule has 1 atom stereocenters.